The van der Waals surface area contributed by atoms with E-state index in [9.17, 15) is 4.79 Å². The van der Waals surface area contributed by atoms with E-state index in [4.69, 9.17) is 9.72 Å². The molecule has 8 heteroatoms. The summed E-state index contributed by atoms with van der Waals surface area (Å²) in [4.78, 5) is 32.0. The van der Waals surface area contributed by atoms with E-state index in [2.05, 4.69) is 19.9 Å². The Bertz CT molecular complexity index is 1040. The number of aromatic nitrogens is 5. The third kappa shape index (κ3) is 2.72. The van der Waals surface area contributed by atoms with Crippen LogP contribution in [-0.2, 0) is 11.3 Å². The lowest BCUT2D eigenvalue weighted by atomic mass is 10.2. The van der Waals surface area contributed by atoms with Crippen molar-refractivity contribution < 1.29 is 9.53 Å². The van der Waals surface area contributed by atoms with E-state index in [0.29, 0.717) is 23.1 Å². The van der Waals surface area contributed by atoms with Crippen molar-refractivity contribution in [3.8, 4) is 0 Å². The van der Waals surface area contributed by atoms with Crippen LogP contribution in [-0.4, -0.2) is 50.7 Å². The van der Waals surface area contributed by atoms with E-state index in [1.807, 2.05) is 17.7 Å². The molecule has 0 spiro atoms. The van der Waals surface area contributed by atoms with Crippen LogP contribution in [0.2, 0.25) is 0 Å². The van der Waals surface area contributed by atoms with Crippen molar-refractivity contribution in [3.63, 3.8) is 0 Å². The lowest BCUT2D eigenvalue weighted by Crippen LogP contribution is -2.24. The number of hydrogen-bond donors (Lipinski definition) is 0. The number of nitrogens with zero attached hydrogens (tertiary/aromatic N) is 6. The van der Waals surface area contributed by atoms with E-state index in [1.165, 1.54) is 19.9 Å². The van der Waals surface area contributed by atoms with Gasteiger partial charge in [-0.05, 0) is 25.2 Å². The van der Waals surface area contributed by atoms with Crippen molar-refractivity contribution in [2.24, 2.45) is 11.8 Å². The van der Waals surface area contributed by atoms with Gasteiger partial charge in [0.1, 0.15) is 12.0 Å². The molecule has 2 aliphatic rings. The van der Waals surface area contributed by atoms with Crippen molar-refractivity contribution in [2.75, 3.05) is 25.1 Å². The topological polar surface area (TPSA) is 86.0 Å². The number of esters is 1. The van der Waals surface area contributed by atoms with Gasteiger partial charge in [-0.3, -0.25) is 0 Å². The van der Waals surface area contributed by atoms with Crippen molar-refractivity contribution >= 4 is 23.0 Å². The number of hydrogen-bond acceptors (Lipinski definition) is 7. The Morgan fingerprint density at radius 1 is 1.26 bits per heavy atom. The minimum absolute atomic E-state index is 0.399. The van der Waals surface area contributed by atoms with Crippen molar-refractivity contribution in [2.45, 2.75) is 19.9 Å². The molecule has 0 bridgehead atoms. The molecule has 0 radical (unpaired) electrons. The fourth-order valence-electron chi connectivity index (χ4n) is 3.95. The molecular weight excluding hydrogens is 344 g/mol. The number of piperidine rings is 1. The molecule has 27 heavy (non-hydrogen) atoms. The number of methoxy groups -OCH3 is 1. The van der Waals surface area contributed by atoms with Crippen LogP contribution in [0, 0.1) is 18.8 Å². The maximum Gasteiger partial charge on any atom is 0.340 e. The molecular formula is C19H20N6O2. The summed E-state index contributed by atoms with van der Waals surface area (Å²) in [6.07, 6.45) is 8.11. The van der Waals surface area contributed by atoms with Gasteiger partial charge in [0.05, 0.1) is 24.6 Å². The van der Waals surface area contributed by atoms with Crippen LogP contribution in [0.4, 0.5) is 5.95 Å². The molecule has 4 heterocycles. The highest BCUT2D eigenvalue weighted by Crippen LogP contribution is 2.45. The van der Waals surface area contributed by atoms with Crippen molar-refractivity contribution in [3.05, 3.63) is 41.7 Å². The smallest absolute Gasteiger partial charge is 0.340 e. The minimum atomic E-state index is -0.399. The second-order valence-corrected chi connectivity index (χ2v) is 7.36. The van der Waals surface area contributed by atoms with Gasteiger partial charge in [0.25, 0.3) is 0 Å². The maximum absolute atomic E-state index is 12.1. The third-order valence-electron chi connectivity index (χ3n) is 5.61. The van der Waals surface area contributed by atoms with Gasteiger partial charge in [-0.2, -0.15) is 0 Å². The second kappa shape index (κ2) is 6.00. The Morgan fingerprint density at radius 2 is 2.07 bits per heavy atom. The average molecular weight is 364 g/mol. The fourth-order valence-corrected chi connectivity index (χ4v) is 3.95. The zero-order valence-corrected chi connectivity index (χ0v) is 15.3. The molecule has 3 aromatic heterocycles. The van der Waals surface area contributed by atoms with Crippen LogP contribution < -0.4 is 4.90 Å². The third-order valence-corrected chi connectivity index (χ3v) is 5.61. The number of carbonyl (C=O) groups excluding carboxylic acids is 1. The molecule has 1 saturated carbocycles. The quantitative estimate of drug-likeness (QED) is 0.653. The van der Waals surface area contributed by atoms with Gasteiger partial charge in [0.2, 0.25) is 5.95 Å². The Hall–Kier alpha value is -3.03. The lowest BCUT2D eigenvalue weighted by Gasteiger charge is -2.18. The maximum atomic E-state index is 12.1. The number of anilines is 1. The van der Waals surface area contributed by atoms with Crippen LogP contribution in [0.3, 0.4) is 0 Å². The summed E-state index contributed by atoms with van der Waals surface area (Å²) in [6.45, 7) is 4.68. The first kappa shape index (κ1) is 16.2. The van der Waals surface area contributed by atoms with E-state index < -0.39 is 5.97 Å². The van der Waals surface area contributed by atoms with Gasteiger partial charge >= 0.3 is 5.97 Å². The predicted octanol–water partition coefficient (Wildman–Crippen LogP) is 1.82. The highest BCUT2D eigenvalue weighted by atomic mass is 16.5. The molecule has 1 aliphatic carbocycles. The lowest BCUT2D eigenvalue weighted by molar-refractivity contribution is 0.0602. The normalized spacial score (nSPS) is 20.7. The number of ether oxygens (including phenoxy) is 1. The predicted molar refractivity (Wildman–Crippen MR) is 98.5 cm³/mol. The SMILES string of the molecule is COC(=O)c1cn(Cc2cnc(N3CC4C[C@H]4C3)nc2C)c2ncncc12. The molecule has 1 saturated heterocycles. The highest BCUT2D eigenvalue weighted by Gasteiger charge is 2.45. The first-order valence-corrected chi connectivity index (χ1v) is 9.08. The molecule has 8 nitrogen and oxygen atoms in total. The van der Waals surface area contributed by atoms with E-state index in [0.717, 1.165) is 42.1 Å². The summed E-state index contributed by atoms with van der Waals surface area (Å²) in [5.74, 6) is 2.11. The van der Waals surface area contributed by atoms with Crippen LogP contribution >= 0.6 is 0 Å². The monoisotopic (exact) mass is 364 g/mol. The highest BCUT2D eigenvalue weighted by molar-refractivity contribution is 6.03. The molecule has 1 aliphatic heterocycles. The number of carbonyl (C=O) groups is 1. The van der Waals surface area contributed by atoms with Crippen LogP contribution in [0.15, 0.2) is 24.9 Å². The molecule has 2 atom stereocenters. The number of rotatable bonds is 4. The minimum Gasteiger partial charge on any atom is -0.465 e. The van der Waals surface area contributed by atoms with Gasteiger partial charge < -0.3 is 14.2 Å². The van der Waals surface area contributed by atoms with Crippen molar-refractivity contribution in [1.29, 1.82) is 0 Å². The summed E-state index contributed by atoms with van der Waals surface area (Å²) in [7, 11) is 1.37. The van der Waals surface area contributed by atoms with E-state index in [1.54, 1.807) is 12.4 Å². The Labute approximate surface area is 156 Å². The van der Waals surface area contributed by atoms with Gasteiger partial charge in [-0.1, -0.05) is 0 Å². The largest absolute Gasteiger partial charge is 0.465 e. The Kier molecular flexibility index (Phi) is 3.60. The van der Waals surface area contributed by atoms with E-state index in [-0.39, 0.29) is 0 Å². The van der Waals surface area contributed by atoms with Gasteiger partial charge in [-0.15, -0.1) is 0 Å². The summed E-state index contributed by atoms with van der Waals surface area (Å²) in [6, 6.07) is 0. The standard InChI is InChI=1S/C19H20N6O2/c1-11-14(4-21-19(23-11)25-6-12-3-13(12)7-25)8-24-9-16(18(26)27-2)15-5-20-10-22-17(15)24/h4-5,9-10,12-13H,3,6-8H2,1-2H3/t12-,13?/m0/s1. The fraction of sp³-hybridized carbons (Fsp3) is 0.421. The van der Waals surface area contributed by atoms with Gasteiger partial charge in [0.15, 0.2) is 0 Å². The molecule has 0 N–H and O–H groups in total. The average Bonchev–Trinajstić information content (AvgIpc) is 3.13. The summed E-state index contributed by atoms with van der Waals surface area (Å²) >= 11 is 0. The molecule has 0 aromatic carbocycles. The number of aryl methyl sites for hydroxylation is 1. The van der Waals surface area contributed by atoms with Crippen molar-refractivity contribution in [1.82, 2.24) is 24.5 Å². The zero-order chi connectivity index (χ0) is 18.5. The molecule has 138 valence electrons. The first-order valence-electron chi connectivity index (χ1n) is 9.08. The second-order valence-electron chi connectivity index (χ2n) is 7.36. The van der Waals surface area contributed by atoms with Crippen LogP contribution in [0.5, 0.6) is 0 Å². The Balaban J connectivity index is 1.45. The Morgan fingerprint density at radius 3 is 2.81 bits per heavy atom. The molecule has 5 rings (SSSR count). The molecule has 1 unspecified atom stereocenters. The summed E-state index contributed by atoms with van der Waals surface area (Å²) in [5.41, 5.74) is 3.08. The molecule has 0 amide bonds. The van der Waals surface area contributed by atoms with E-state index >= 15 is 0 Å². The molecule has 3 aromatic rings. The summed E-state index contributed by atoms with van der Waals surface area (Å²) in [5, 5.41) is 0.677. The summed E-state index contributed by atoms with van der Waals surface area (Å²) < 4.78 is 6.79. The van der Waals surface area contributed by atoms with Gasteiger partial charge in [-0.25, -0.2) is 24.7 Å². The van der Waals surface area contributed by atoms with Crippen LogP contribution in [0.25, 0.3) is 11.0 Å². The first-order chi connectivity index (χ1) is 13.1. The zero-order valence-electron chi connectivity index (χ0n) is 15.3. The van der Waals surface area contributed by atoms with Crippen LogP contribution in [0.1, 0.15) is 28.0 Å². The molecule has 2 fully saturated rings. The van der Waals surface area contributed by atoms with Gasteiger partial charge in [0, 0.05) is 42.9 Å². The number of fused-ring (bicyclic) bond motifs is 2.